The van der Waals surface area contributed by atoms with Gasteiger partial charge in [0.2, 0.25) is 5.75 Å². The number of carbonyl (C=O) groups excluding carboxylic acids is 2. The first kappa shape index (κ1) is 24.6. The van der Waals surface area contributed by atoms with E-state index in [1.165, 1.54) is 32.7 Å². The topological polar surface area (TPSA) is 119 Å². The molecule has 0 bridgehead atoms. The maximum Gasteiger partial charge on any atom is 0.275 e. The van der Waals surface area contributed by atoms with Gasteiger partial charge in [0, 0.05) is 35.5 Å². The summed E-state index contributed by atoms with van der Waals surface area (Å²) in [5, 5.41) is 13.5. The number of methoxy groups -OCH3 is 3. The van der Waals surface area contributed by atoms with Gasteiger partial charge in [-0.05, 0) is 43.2 Å². The second-order valence-corrected chi connectivity index (χ2v) is 9.54. The first-order valence-corrected chi connectivity index (χ1v) is 12.7. The third-order valence-electron chi connectivity index (χ3n) is 6.52. The van der Waals surface area contributed by atoms with Crippen molar-refractivity contribution >= 4 is 39.7 Å². The molecule has 4 aromatic rings. The maximum atomic E-state index is 13.3. The highest BCUT2D eigenvalue weighted by molar-refractivity contribution is 7.10. The Balaban J connectivity index is 1.22. The van der Waals surface area contributed by atoms with Gasteiger partial charge in [0.15, 0.2) is 11.5 Å². The van der Waals surface area contributed by atoms with Crippen molar-refractivity contribution in [3.05, 3.63) is 58.2 Å². The average Bonchev–Trinajstić information content (AvgIpc) is 3.61. The summed E-state index contributed by atoms with van der Waals surface area (Å²) in [6, 6.07) is 8.98. The van der Waals surface area contributed by atoms with Gasteiger partial charge in [0.1, 0.15) is 5.69 Å². The van der Waals surface area contributed by atoms with Crippen molar-refractivity contribution in [2.75, 3.05) is 39.7 Å². The van der Waals surface area contributed by atoms with Crippen LogP contribution in [0.5, 0.6) is 17.2 Å². The van der Waals surface area contributed by atoms with Crippen LogP contribution < -0.4 is 19.5 Å². The van der Waals surface area contributed by atoms with Gasteiger partial charge in [-0.15, -0.1) is 11.3 Å². The predicted octanol–water partition coefficient (Wildman–Crippen LogP) is 4.32. The number of H-pyrrole nitrogens is 1. The number of likely N-dealkylation sites (tertiary alicyclic amines) is 1. The molecular formula is C26H27N5O5S. The van der Waals surface area contributed by atoms with Crippen molar-refractivity contribution in [3.63, 3.8) is 0 Å². The fraction of sp³-hybridized carbons (Fsp3) is 0.308. The predicted molar refractivity (Wildman–Crippen MR) is 140 cm³/mol. The average molecular weight is 522 g/mol. The molecule has 0 spiro atoms. The van der Waals surface area contributed by atoms with Crippen LogP contribution in [0.3, 0.4) is 0 Å². The van der Waals surface area contributed by atoms with Crippen LogP contribution in [0.25, 0.3) is 10.9 Å². The number of nitrogens with zero attached hydrogens (tertiary/aromatic N) is 3. The molecule has 2 aromatic heterocycles. The van der Waals surface area contributed by atoms with Crippen molar-refractivity contribution in [3.8, 4) is 17.2 Å². The Hall–Kier alpha value is -4.12. The number of rotatable bonds is 7. The Morgan fingerprint density at radius 1 is 1.05 bits per heavy atom. The van der Waals surface area contributed by atoms with Gasteiger partial charge < -0.3 is 24.4 Å². The van der Waals surface area contributed by atoms with Crippen LogP contribution in [0.4, 0.5) is 5.69 Å². The number of amides is 2. The number of hydrogen-bond donors (Lipinski definition) is 2. The molecule has 1 fully saturated rings. The lowest BCUT2D eigenvalue weighted by Gasteiger charge is -2.31. The van der Waals surface area contributed by atoms with Gasteiger partial charge in [0.25, 0.3) is 11.8 Å². The summed E-state index contributed by atoms with van der Waals surface area (Å²) >= 11 is 1.48. The first-order chi connectivity index (χ1) is 18.0. The van der Waals surface area contributed by atoms with Crippen LogP contribution in [-0.4, -0.2) is 66.3 Å². The molecule has 0 unspecified atom stereocenters. The molecule has 0 aliphatic carbocycles. The number of benzene rings is 2. The van der Waals surface area contributed by atoms with Crippen molar-refractivity contribution in [2.45, 2.75) is 18.8 Å². The number of carbonyl (C=O) groups is 2. The van der Waals surface area contributed by atoms with Gasteiger partial charge in [-0.3, -0.25) is 14.7 Å². The number of piperidine rings is 1. The van der Waals surface area contributed by atoms with E-state index in [1.54, 1.807) is 23.7 Å². The second kappa shape index (κ2) is 10.5. The highest BCUT2D eigenvalue weighted by Gasteiger charge is 2.30. The van der Waals surface area contributed by atoms with Crippen molar-refractivity contribution < 1.29 is 23.8 Å². The molecule has 0 atom stereocenters. The van der Waals surface area contributed by atoms with Crippen LogP contribution in [0, 0.1) is 0 Å². The minimum absolute atomic E-state index is 0.121. The number of ether oxygens (including phenoxy) is 3. The summed E-state index contributed by atoms with van der Waals surface area (Å²) in [6.07, 6.45) is 3.25. The van der Waals surface area contributed by atoms with Crippen molar-refractivity contribution in [1.82, 2.24) is 20.1 Å². The zero-order valence-electron chi connectivity index (χ0n) is 20.7. The Kier molecular flexibility index (Phi) is 6.95. The quantitative estimate of drug-likeness (QED) is 0.372. The third kappa shape index (κ3) is 4.82. The molecule has 5 rings (SSSR count). The molecule has 37 heavy (non-hydrogen) atoms. The number of fused-ring (bicyclic) bond motifs is 1. The molecule has 1 aliphatic heterocycles. The van der Waals surface area contributed by atoms with Gasteiger partial charge in [-0.1, -0.05) is 0 Å². The standard InChI is InChI=1S/C26H27N5O5S/c1-34-21-7-6-18(22(35-2)23(21)36-3)26(33)31-10-8-15(9-11-31)25-29-20(14-37-25)24(32)28-17-5-4-16-13-27-30-19(16)12-17/h4-7,12-15H,8-11H2,1-3H3,(H,27,30)(H,28,32). The van der Waals surface area contributed by atoms with E-state index in [1.807, 2.05) is 23.1 Å². The van der Waals surface area contributed by atoms with E-state index in [2.05, 4.69) is 20.5 Å². The molecule has 1 saturated heterocycles. The Labute approximate surface area is 217 Å². The van der Waals surface area contributed by atoms with E-state index in [0.717, 1.165) is 28.8 Å². The van der Waals surface area contributed by atoms with E-state index in [-0.39, 0.29) is 17.7 Å². The molecule has 2 amide bonds. The normalized spacial score (nSPS) is 14.0. The fourth-order valence-electron chi connectivity index (χ4n) is 4.56. The van der Waals surface area contributed by atoms with Gasteiger partial charge >= 0.3 is 0 Å². The summed E-state index contributed by atoms with van der Waals surface area (Å²) < 4.78 is 16.2. The number of nitrogens with one attached hydrogen (secondary N) is 2. The maximum absolute atomic E-state index is 13.3. The monoisotopic (exact) mass is 521 g/mol. The zero-order valence-corrected chi connectivity index (χ0v) is 21.6. The molecule has 2 aromatic carbocycles. The first-order valence-electron chi connectivity index (χ1n) is 11.8. The summed E-state index contributed by atoms with van der Waals surface area (Å²) in [7, 11) is 4.56. The van der Waals surface area contributed by atoms with Crippen LogP contribution in [0.1, 0.15) is 44.6 Å². The molecule has 0 saturated carbocycles. The molecule has 1 aliphatic rings. The number of aromatic amines is 1. The van der Waals surface area contributed by atoms with Crippen molar-refractivity contribution in [1.29, 1.82) is 0 Å². The Morgan fingerprint density at radius 3 is 2.57 bits per heavy atom. The minimum atomic E-state index is -0.255. The number of hydrogen-bond acceptors (Lipinski definition) is 8. The highest BCUT2D eigenvalue weighted by Crippen LogP contribution is 2.41. The molecule has 2 N–H and O–H groups in total. The van der Waals surface area contributed by atoms with E-state index in [0.29, 0.717) is 47.3 Å². The minimum Gasteiger partial charge on any atom is -0.493 e. The summed E-state index contributed by atoms with van der Waals surface area (Å²) in [4.78, 5) is 32.5. The van der Waals surface area contributed by atoms with Gasteiger partial charge in [-0.2, -0.15) is 5.10 Å². The van der Waals surface area contributed by atoms with Crippen LogP contribution in [0.15, 0.2) is 41.9 Å². The Morgan fingerprint density at radius 2 is 1.84 bits per heavy atom. The van der Waals surface area contributed by atoms with Crippen LogP contribution in [-0.2, 0) is 0 Å². The van der Waals surface area contributed by atoms with Crippen LogP contribution in [0.2, 0.25) is 0 Å². The largest absolute Gasteiger partial charge is 0.493 e. The summed E-state index contributed by atoms with van der Waals surface area (Å²) in [5.41, 5.74) is 2.34. The van der Waals surface area contributed by atoms with Crippen LogP contribution >= 0.6 is 11.3 Å². The van der Waals surface area contributed by atoms with E-state index < -0.39 is 0 Å². The molecule has 192 valence electrons. The van der Waals surface area contributed by atoms with Gasteiger partial charge in [-0.25, -0.2) is 4.98 Å². The lowest BCUT2D eigenvalue weighted by molar-refractivity contribution is 0.0708. The molecular weight excluding hydrogens is 494 g/mol. The zero-order chi connectivity index (χ0) is 25.9. The third-order valence-corrected chi connectivity index (χ3v) is 7.53. The SMILES string of the molecule is COc1ccc(C(=O)N2CCC(c3nc(C(=O)Nc4ccc5cn[nH]c5c4)cs3)CC2)c(OC)c1OC. The molecule has 0 radical (unpaired) electrons. The highest BCUT2D eigenvalue weighted by atomic mass is 32.1. The molecule has 11 heteroatoms. The Bertz CT molecular complexity index is 1440. The smallest absolute Gasteiger partial charge is 0.275 e. The van der Waals surface area contributed by atoms with E-state index in [4.69, 9.17) is 14.2 Å². The number of thiazole rings is 1. The second-order valence-electron chi connectivity index (χ2n) is 8.65. The molecule has 10 nitrogen and oxygen atoms in total. The number of aromatic nitrogens is 3. The summed E-state index contributed by atoms with van der Waals surface area (Å²) in [6.45, 7) is 1.15. The summed E-state index contributed by atoms with van der Waals surface area (Å²) in [5.74, 6) is 1.06. The van der Waals surface area contributed by atoms with E-state index in [9.17, 15) is 9.59 Å². The van der Waals surface area contributed by atoms with Gasteiger partial charge in [0.05, 0.1) is 43.6 Å². The fourth-order valence-corrected chi connectivity index (χ4v) is 5.53. The van der Waals surface area contributed by atoms with E-state index >= 15 is 0 Å². The number of anilines is 1. The van der Waals surface area contributed by atoms with Crippen molar-refractivity contribution in [2.24, 2.45) is 0 Å². The lowest BCUT2D eigenvalue weighted by Crippen LogP contribution is -2.38. The lowest BCUT2D eigenvalue weighted by atomic mass is 9.97. The molecule has 3 heterocycles.